The number of rotatable bonds is 5. The number of aromatic nitrogens is 2. The molecule has 1 aliphatic rings. The SMILES string of the molecule is CC(C)(C)c1ccc(N2CN(c3cccc(Oc4ccc5c6sc7ccc8ccccc8c7c6n(-c6ccc(C(C)(C)C)cn6)c5c4)c3)c3ccccc32)cc1. The minimum atomic E-state index is 0.00751. The van der Waals surface area contributed by atoms with Crippen molar-refractivity contribution in [1.82, 2.24) is 9.55 Å². The van der Waals surface area contributed by atoms with E-state index in [0.29, 0.717) is 6.67 Å². The zero-order valence-electron chi connectivity index (χ0n) is 32.7. The van der Waals surface area contributed by atoms with Crippen LogP contribution in [0.5, 0.6) is 11.5 Å². The van der Waals surface area contributed by atoms with Crippen LogP contribution in [-0.4, -0.2) is 16.2 Å². The Morgan fingerprint density at radius 3 is 2.02 bits per heavy atom. The summed E-state index contributed by atoms with van der Waals surface area (Å²) < 4.78 is 11.6. The summed E-state index contributed by atoms with van der Waals surface area (Å²) in [5.74, 6) is 2.47. The van der Waals surface area contributed by atoms with Crippen molar-refractivity contribution in [3.63, 3.8) is 0 Å². The first kappa shape index (κ1) is 34.4. The van der Waals surface area contributed by atoms with Gasteiger partial charge in [-0.25, -0.2) is 4.98 Å². The largest absolute Gasteiger partial charge is 0.457 e. The smallest absolute Gasteiger partial charge is 0.137 e. The van der Waals surface area contributed by atoms with Crippen molar-refractivity contribution in [2.75, 3.05) is 16.5 Å². The number of benzene rings is 6. The predicted molar refractivity (Wildman–Crippen MR) is 237 cm³/mol. The summed E-state index contributed by atoms with van der Waals surface area (Å²) in [6.07, 6.45) is 2.03. The van der Waals surface area contributed by atoms with Crippen molar-refractivity contribution >= 4 is 76.1 Å². The highest BCUT2D eigenvalue weighted by molar-refractivity contribution is 7.27. The fourth-order valence-corrected chi connectivity index (χ4v) is 9.41. The van der Waals surface area contributed by atoms with Gasteiger partial charge < -0.3 is 14.5 Å². The molecule has 10 rings (SSSR count). The third-order valence-electron chi connectivity index (χ3n) is 11.2. The molecule has 0 aliphatic carbocycles. The first-order valence-electron chi connectivity index (χ1n) is 19.4. The number of ether oxygens (including phenoxy) is 1. The number of hydrogen-bond donors (Lipinski definition) is 0. The van der Waals surface area contributed by atoms with Gasteiger partial charge in [-0.1, -0.05) is 108 Å². The topological polar surface area (TPSA) is 33.5 Å². The molecule has 0 unspecified atom stereocenters. The van der Waals surface area contributed by atoms with Crippen LogP contribution in [0.3, 0.4) is 0 Å². The number of para-hydroxylation sites is 2. The van der Waals surface area contributed by atoms with Crippen LogP contribution >= 0.6 is 11.3 Å². The van der Waals surface area contributed by atoms with Gasteiger partial charge in [0, 0.05) is 45.2 Å². The molecule has 276 valence electrons. The Kier molecular flexibility index (Phi) is 7.81. The average molecular weight is 749 g/mol. The lowest BCUT2D eigenvalue weighted by Crippen LogP contribution is -2.24. The Balaban J connectivity index is 1.05. The van der Waals surface area contributed by atoms with Gasteiger partial charge in [-0.15, -0.1) is 11.3 Å². The molecule has 0 fully saturated rings. The molecule has 56 heavy (non-hydrogen) atoms. The summed E-state index contributed by atoms with van der Waals surface area (Å²) in [7, 11) is 0. The maximum Gasteiger partial charge on any atom is 0.137 e. The molecule has 0 saturated carbocycles. The number of fused-ring (bicyclic) bond motifs is 8. The van der Waals surface area contributed by atoms with Gasteiger partial charge in [0.15, 0.2) is 0 Å². The number of anilines is 4. The van der Waals surface area contributed by atoms with Gasteiger partial charge in [-0.05, 0) is 93.4 Å². The molecule has 0 N–H and O–H groups in total. The van der Waals surface area contributed by atoms with E-state index < -0.39 is 0 Å². The molecule has 0 saturated heterocycles. The van der Waals surface area contributed by atoms with Gasteiger partial charge in [0.1, 0.15) is 24.0 Å². The second-order valence-corrected chi connectivity index (χ2v) is 18.0. The standard InChI is InChI=1S/C50H44N4OS/c1-49(2,3)33-19-22-35(23-20-33)52-31-53(42-17-10-9-16-41(42)52)36-13-11-14-37(28-36)55-38-24-25-40-43(29-38)54(45-27-21-34(30-51-45)50(4,5)6)47-46-39-15-8-7-12-32(39)18-26-44(46)56-48(40)47/h7-30H,31H2,1-6H3. The fraction of sp³-hybridized carbons (Fsp3) is 0.180. The summed E-state index contributed by atoms with van der Waals surface area (Å²) in [6, 6.07) is 50.2. The molecule has 0 amide bonds. The molecule has 3 aromatic heterocycles. The highest BCUT2D eigenvalue weighted by atomic mass is 32.1. The molecular formula is C50H44N4OS. The van der Waals surface area contributed by atoms with Gasteiger partial charge in [-0.3, -0.25) is 4.57 Å². The maximum absolute atomic E-state index is 6.75. The fourth-order valence-electron chi connectivity index (χ4n) is 8.17. The van der Waals surface area contributed by atoms with Gasteiger partial charge in [0.05, 0.1) is 27.1 Å². The second kappa shape index (κ2) is 12.7. The van der Waals surface area contributed by atoms with Crippen LogP contribution in [0.2, 0.25) is 0 Å². The van der Waals surface area contributed by atoms with Crippen LogP contribution in [0.1, 0.15) is 52.7 Å². The zero-order chi connectivity index (χ0) is 38.3. The molecular weight excluding hydrogens is 705 g/mol. The van der Waals surface area contributed by atoms with Crippen molar-refractivity contribution in [2.45, 2.75) is 52.4 Å². The van der Waals surface area contributed by atoms with Crippen molar-refractivity contribution in [2.24, 2.45) is 0 Å². The van der Waals surface area contributed by atoms with E-state index in [1.54, 1.807) is 0 Å². The minimum Gasteiger partial charge on any atom is -0.457 e. The lowest BCUT2D eigenvalue weighted by molar-refractivity contribution is 0.483. The number of thiophene rings is 1. The Morgan fingerprint density at radius 1 is 0.589 bits per heavy atom. The van der Waals surface area contributed by atoms with Crippen LogP contribution in [0.15, 0.2) is 146 Å². The molecule has 0 atom stereocenters. The predicted octanol–water partition coefficient (Wildman–Crippen LogP) is 14.2. The summed E-state index contributed by atoms with van der Waals surface area (Å²) >= 11 is 1.85. The van der Waals surface area contributed by atoms with Crippen molar-refractivity contribution in [3.8, 4) is 17.3 Å². The average Bonchev–Trinajstić information content (AvgIpc) is 3.87. The van der Waals surface area contributed by atoms with Crippen LogP contribution in [0, 0.1) is 0 Å². The van der Waals surface area contributed by atoms with E-state index in [0.717, 1.165) is 28.5 Å². The van der Waals surface area contributed by atoms with Crippen LogP contribution in [0.4, 0.5) is 22.7 Å². The first-order valence-corrected chi connectivity index (χ1v) is 20.2. The molecule has 0 spiro atoms. The first-order chi connectivity index (χ1) is 27.0. The highest BCUT2D eigenvalue weighted by Gasteiger charge is 2.29. The summed E-state index contributed by atoms with van der Waals surface area (Å²) in [5, 5.41) is 4.95. The van der Waals surface area contributed by atoms with Gasteiger partial charge in [0.25, 0.3) is 0 Å². The van der Waals surface area contributed by atoms with Gasteiger partial charge >= 0.3 is 0 Å². The monoisotopic (exact) mass is 748 g/mol. The number of hydrogen-bond acceptors (Lipinski definition) is 5. The molecule has 5 nitrogen and oxygen atoms in total. The summed E-state index contributed by atoms with van der Waals surface area (Å²) in [4.78, 5) is 9.85. The lowest BCUT2D eigenvalue weighted by Gasteiger charge is -2.24. The Labute approximate surface area is 332 Å². The molecule has 1 aliphatic heterocycles. The molecule has 9 aromatic rings. The summed E-state index contributed by atoms with van der Waals surface area (Å²) in [6.45, 7) is 14.2. The van der Waals surface area contributed by atoms with Gasteiger partial charge in [0.2, 0.25) is 0 Å². The normalized spacial score (nSPS) is 13.4. The molecule has 4 heterocycles. The molecule has 0 bridgehead atoms. The van der Waals surface area contributed by atoms with Crippen molar-refractivity contribution in [1.29, 1.82) is 0 Å². The van der Waals surface area contributed by atoms with E-state index >= 15 is 0 Å². The van der Waals surface area contributed by atoms with E-state index in [-0.39, 0.29) is 10.8 Å². The highest BCUT2D eigenvalue weighted by Crippen LogP contribution is 2.47. The third kappa shape index (κ3) is 5.70. The van der Waals surface area contributed by atoms with E-state index in [4.69, 9.17) is 9.72 Å². The number of pyridine rings is 1. The lowest BCUT2D eigenvalue weighted by atomic mass is 9.87. The van der Waals surface area contributed by atoms with Crippen molar-refractivity contribution in [3.05, 3.63) is 157 Å². The van der Waals surface area contributed by atoms with Crippen LogP contribution in [0.25, 0.3) is 47.8 Å². The maximum atomic E-state index is 6.75. The van der Waals surface area contributed by atoms with Crippen LogP contribution < -0.4 is 14.5 Å². The molecule has 6 heteroatoms. The second-order valence-electron chi connectivity index (χ2n) is 17.0. The Hall–Kier alpha value is -6.11. The van der Waals surface area contributed by atoms with E-state index in [2.05, 4.69) is 189 Å². The van der Waals surface area contributed by atoms with E-state index in [1.807, 2.05) is 23.6 Å². The van der Waals surface area contributed by atoms with Crippen LogP contribution in [-0.2, 0) is 10.8 Å². The van der Waals surface area contributed by atoms with E-state index in [9.17, 15) is 0 Å². The molecule has 6 aromatic carbocycles. The molecule has 0 radical (unpaired) electrons. The Morgan fingerprint density at radius 2 is 1.29 bits per heavy atom. The summed E-state index contributed by atoms with van der Waals surface area (Å²) in [5.41, 5.74) is 9.55. The number of nitrogens with zero attached hydrogens (tertiary/aromatic N) is 4. The minimum absolute atomic E-state index is 0.00751. The van der Waals surface area contributed by atoms with E-state index in [1.165, 1.54) is 64.7 Å². The zero-order valence-corrected chi connectivity index (χ0v) is 33.5. The quantitative estimate of drug-likeness (QED) is 0.175. The third-order valence-corrected chi connectivity index (χ3v) is 12.4. The van der Waals surface area contributed by atoms with Gasteiger partial charge in [-0.2, -0.15) is 0 Å². The Bertz CT molecular complexity index is 2940. The van der Waals surface area contributed by atoms with Crippen molar-refractivity contribution < 1.29 is 4.74 Å².